The number of carbonyl (C=O) groups is 1. The number of thiophene rings is 1. The summed E-state index contributed by atoms with van der Waals surface area (Å²) in [5, 5.41) is 0.636. The maximum Gasteiger partial charge on any atom is 0.124 e. The Bertz CT molecular complexity index is 246. The first-order valence-corrected chi connectivity index (χ1v) is 3.91. The van der Waals surface area contributed by atoms with Gasteiger partial charge in [-0.05, 0) is 11.6 Å². The van der Waals surface area contributed by atoms with Gasteiger partial charge in [0.05, 0.1) is 9.34 Å². The Morgan fingerprint density at radius 3 is 2.90 bits per heavy atom. The first-order chi connectivity index (χ1) is 4.74. The first kappa shape index (κ1) is 7.57. The average molecular weight is 176 g/mol. The van der Waals surface area contributed by atoms with Crippen molar-refractivity contribution in [2.24, 2.45) is 0 Å². The molecule has 1 rings (SSSR count). The molecule has 1 aromatic rings. The van der Waals surface area contributed by atoms with Crippen LogP contribution in [0.5, 0.6) is 0 Å². The van der Waals surface area contributed by atoms with Crippen LogP contribution >= 0.6 is 22.9 Å². The minimum atomic E-state index is 0.356. The first-order valence-electron chi connectivity index (χ1n) is 2.71. The Balaban J connectivity index is 2.91. The van der Waals surface area contributed by atoms with Gasteiger partial charge in [-0.3, -0.25) is 0 Å². The number of nitrogen functional groups attached to an aromatic ring is 1. The molecule has 10 heavy (non-hydrogen) atoms. The molecule has 1 aromatic heterocycles. The molecule has 0 saturated heterocycles. The number of hydrogen-bond donors (Lipinski definition) is 1. The molecule has 0 aromatic carbocycles. The third kappa shape index (κ3) is 1.49. The molecule has 1 heterocycles. The highest BCUT2D eigenvalue weighted by Crippen LogP contribution is 2.28. The van der Waals surface area contributed by atoms with Gasteiger partial charge in [-0.2, -0.15) is 0 Å². The van der Waals surface area contributed by atoms with Gasteiger partial charge in [0.25, 0.3) is 0 Å². The molecular weight excluding hydrogens is 170 g/mol. The van der Waals surface area contributed by atoms with E-state index in [9.17, 15) is 4.79 Å². The van der Waals surface area contributed by atoms with Gasteiger partial charge in [0, 0.05) is 6.42 Å². The van der Waals surface area contributed by atoms with Gasteiger partial charge in [-0.15, -0.1) is 11.3 Å². The van der Waals surface area contributed by atoms with Crippen LogP contribution in [0.2, 0.25) is 4.34 Å². The molecular formula is C6H6ClNOS. The zero-order valence-corrected chi connectivity index (χ0v) is 6.71. The fourth-order valence-corrected chi connectivity index (χ4v) is 1.72. The lowest BCUT2D eigenvalue weighted by molar-refractivity contribution is -0.107. The van der Waals surface area contributed by atoms with Crippen LogP contribution in [0.1, 0.15) is 5.56 Å². The molecule has 0 aliphatic carbocycles. The second-order valence-corrected chi connectivity index (χ2v) is 3.53. The lowest BCUT2D eigenvalue weighted by Gasteiger charge is -1.87. The number of halogens is 1. The van der Waals surface area contributed by atoms with Crippen LogP contribution < -0.4 is 5.73 Å². The van der Waals surface area contributed by atoms with Crippen LogP contribution in [-0.4, -0.2) is 6.29 Å². The number of nitrogens with two attached hydrogens (primary N) is 1. The number of anilines is 1. The van der Waals surface area contributed by atoms with Crippen molar-refractivity contribution in [3.63, 3.8) is 0 Å². The molecule has 0 radical (unpaired) electrons. The van der Waals surface area contributed by atoms with E-state index in [1.165, 1.54) is 11.3 Å². The zero-order valence-electron chi connectivity index (χ0n) is 5.13. The monoisotopic (exact) mass is 175 g/mol. The Labute approximate surface area is 67.6 Å². The molecule has 0 atom stereocenters. The highest BCUT2D eigenvalue weighted by Gasteiger charge is 2.02. The van der Waals surface area contributed by atoms with Crippen molar-refractivity contribution in [3.05, 3.63) is 16.0 Å². The van der Waals surface area contributed by atoms with Gasteiger partial charge < -0.3 is 10.5 Å². The predicted octanol–water partition coefficient (Wildman–Crippen LogP) is 1.73. The molecule has 0 saturated carbocycles. The maximum atomic E-state index is 10.0. The molecule has 2 nitrogen and oxygen atoms in total. The summed E-state index contributed by atoms with van der Waals surface area (Å²) in [5.74, 6) is 0. The van der Waals surface area contributed by atoms with Crippen LogP contribution in [-0.2, 0) is 11.2 Å². The molecule has 4 heteroatoms. The summed E-state index contributed by atoms with van der Waals surface area (Å²) in [5.41, 5.74) is 6.33. The summed E-state index contributed by atoms with van der Waals surface area (Å²) in [6, 6.07) is 1.72. The molecule has 0 aliphatic rings. The summed E-state index contributed by atoms with van der Waals surface area (Å²) in [6.07, 6.45) is 1.17. The van der Waals surface area contributed by atoms with E-state index in [1.54, 1.807) is 6.07 Å². The summed E-state index contributed by atoms with van der Waals surface area (Å²) in [4.78, 5) is 10.0. The van der Waals surface area contributed by atoms with Gasteiger partial charge in [0.15, 0.2) is 0 Å². The lowest BCUT2D eigenvalue weighted by atomic mass is 10.2. The number of carbonyl (C=O) groups excluding carboxylic acids is 1. The quantitative estimate of drug-likeness (QED) is 0.696. The Hall–Kier alpha value is -0.540. The molecule has 0 fully saturated rings. The summed E-state index contributed by atoms with van der Waals surface area (Å²) >= 11 is 6.92. The van der Waals surface area contributed by atoms with E-state index in [4.69, 9.17) is 17.3 Å². The van der Waals surface area contributed by atoms with Gasteiger partial charge in [-0.1, -0.05) is 11.6 Å². The molecule has 0 aliphatic heterocycles. The van der Waals surface area contributed by atoms with Crippen molar-refractivity contribution >= 4 is 34.2 Å². The van der Waals surface area contributed by atoms with E-state index in [1.807, 2.05) is 0 Å². The standard InChI is InChI=1S/C6H6ClNOS/c7-5-3-4(1-2-9)6(8)10-5/h2-3H,1,8H2. The van der Waals surface area contributed by atoms with Gasteiger partial charge in [0.1, 0.15) is 6.29 Å². The van der Waals surface area contributed by atoms with E-state index < -0.39 is 0 Å². The van der Waals surface area contributed by atoms with Crippen LogP contribution in [0.3, 0.4) is 0 Å². The minimum absolute atomic E-state index is 0.356. The molecule has 54 valence electrons. The second-order valence-electron chi connectivity index (χ2n) is 1.81. The van der Waals surface area contributed by atoms with Crippen molar-refractivity contribution in [2.45, 2.75) is 6.42 Å². The van der Waals surface area contributed by atoms with E-state index in [0.29, 0.717) is 15.8 Å². The third-order valence-corrected chi connectivity index (χ3v) is 2.25. The largest absolute Gasteiger partial charge is 0.390 e. The predicted molar refractivity (Wildman–Crippen MR) is 43.5 cm³/mol. The second kappa shape index (κ2) is 3.03. The summed E-state index contributed by atoms with van der Waals surface area (Å²) in [6.45, 7) is 0. The Morgan fingerprint density at radius 1 is 1.80 bits per heavy atom. The number of hydrogen-bond acceptors (Lipinski definition) is 3. The minimum Gasteiger partial charge on any atom is -0.390 e. The fourth-order valence-electron chi connectivity index (χ4n) is 0.657. The molecule has 2 N–H and O–H groups in total. The van der Waals surface area contributed by atoms with Gasteiger partial charge >= 0.3 is 0 Å². The Kier molecular flexibility index (Phi) is 2.29. The highest BCUT2D eigenvalue weighted by molar-refractivity contribution is 7.19. The van der Waals surface area contributed by atoms with Crippen LogP contribution in [0.25, 0.3) is 0 Å². The van der Waals surface area contributed by atoms with E-state index >= 15 is 0 Å². The van der Waals surface area contributed by atoms with Gasteiger partial charge in [0.2, 0.25) is 0 Å². The van der Waals surface area contributed by atoms with E-state index in [2.05, 4.69) is 0 Å². The van der Waals surface area contributed by atoms with Crippen molar-refractivity contribution in [2.75, 3.05) is 5.73 Å². The van der Waals surface area contributed by atoms with Gasteiger partial charge in [-0.25, -0.2) is 0 Å². The third-order valence-electron chi connectivity index (χ3n) is 1.11. The van der Waals surface area contributed by atoms with E-state index in [-0.39, 0.29) is 0 Å². The summed E-state index contributed by atoms with van der Waals surface area (Å²) < 4.78 is 0.634. The van der Waals surface area contributed by atoms with Crippen LogP contribution in [0.15, 0.2) is 6.07 Å². The Morgan fingerprint density at radius 2 is 2.50 bits per heavy atom. The highest BCUT2D eigenvalue weighted by atomic mass is 35.5. The van der Waals surface area contributed by atoms with Crippen LogP contribution in [0.4, 0.5) is 5.00 Å². The average Bonchev–Trinajstić information content (AvgIpc) is 2.13. The molecule has 0 unspecified atom stereocenters. The lowest BCUT2D eigenvalue weighted by Crippen LogP contribution is -1.88. The molecule has 0 bridgehead atoms. The SMILES string of the molecule is Nc1sc(Cl)cc1CC=O. The van der Waals surface area contributed by atoms with Crippen LogP contribution in [0, 0.1) is 0 Å². The maximum absolute atomic E-state index is 10.0. The van der Waals surface area contributed by atoms with Crippen molar-refractivity contribution in [1.82, 2.24) is 0 Å². The van der Waals surface area contributed by atoms with Crippen molar-refractivity contribution < 1.29 is 4.79 Å². The molecule has 0 spiro atoms. The number of aldehydes is 1. The molecule has 0 amide bonds. The normalized spacial score (nSPS) is 9.70. The smallest absolute Gasteiger partial charge is 0.124 e. The summed E-state index contributed by atoms with van der Waals surface area (Å²) in [7, 11) is 0. The topological polar surface area (TPSA) is 43.1 Å². The number of rotatable bonds is 2. The zero-order chi connectivity index (χ0) is 7.56. The van der Waals surface area contributed by atoms with E-state index in [0.717, 1.165) is 11.8 Å². The van der Waals surface area contributed by atoms with Crippen molar-refractivity contribution in [1.29, 1.82) is 0 Å². The fraction of sp³-hybridized carbons (Fsp3) is 0.167. The van der Waals surface area contributed by atoms with Crippen molar-refractivity contribution in [3.8, 4) is 0 Å².